The highest BCUT2D eigenvalue weighted by Crippen LogP contribution is 2.34. The lowest BCUT2D eigenvalue weighted by atomic mass is 9.96. The number of hydrogen-bond acceptors (Lipinski definition) is 4. The molecule has 138 valence electrons. The molecule has 1 aliphatic carbocycles. The standard InChI is InChI=1S/C20H31N3O2/c1-5-22-13-7-6-8-17(22)15-9-12-18(21-14-15)23(16-10-11-16)19(24)25-20(2,3)4/h9,12,14,16-17H,5-8,10-11,13H2,1-4H3/t17-/m0/s1. The van der Waals surface area contributed by atoms with E-state index in [1.807, 2.05) is 33.0 Å². The second-order valence-corrected chi connectivity index (χ2v) is 8.17. The van der Waals surface area contributed by atoms with Crippen molar-refractivity contribution in [3.05, 3.63) is 23.9 Å². The van der Waals surface area contributed by atoms with Crippen molar-refractivity contribution < 1.29 is 9.53 Å². The van der Waals surface area contributed by atoms with Gasteiger partial charge in [0.05, 0.1) is 0 Å². The summed E-state index contributed by atoms with van der Waals surface area (Å²) in [4.78, 5) is 21.5. The van der Waals surface area contributed by atoms with Crippen molar-refractivity contribution in [2.75, 3.05) is 18.0 Å². The first-order valence-electron chi connectivity index (χ1n) is 9.61. The Morgan fingerprint density at radius 3 is 2.60 bits per heavy atom. The monoisotopic (exact) mass is 345 g/mol. The Kier molecular flexibility index (Phi) is 5.32. The number of carbonyl (C=O) groups excluding carboxylic acids is 1. The normalized spacial score (nSPS) is 21.8. The van der Waals surface area contributed by atoms with E-state index in [9.17, 15) is 4.79 Å². The fraction of sp³-hybridized carbons (Fsp3) is 0.700. The van der Waals surface area contributed by atoms with Gasteiger partial charge in [0.15, 0.2) is 0 Å². The molecule has 5 nitrogen and oxygen atoms in total. The zero-order valence-corrected chi connectivity index (χ0v) is 16.0. The van der Waals surface area contributed by atoms with Crippen LogP contribution in [0.5, 0.6) is 0 Å². The maximum atomic E-state index is 12.6. The van der Waals surface area contributed by atoms with Crippen molar-refractivity contribution >= 4 is 11.9 Å². The first kappa shape index (κ1) is 18.2. The average Bonchev–Trinajstić information content (AvgIpc) is 3.39. The highest BCUT2D eigenvalue weighted by Gasteiger charge is 2.37. The summed E-state index contributed by atoms with van der Waals surface area (Å²) >= 11 is 0. The largest absolute Gasteiger partial charge is 0.443 e. The van der Waals surface area contributed by atoms with Crippen molar-refractivity contribution in [1.82, 2.24) is 9.88 Å². The molecule has 1 amide bonds. The number of aromatic nitrogens is 1. The molecule has 1 saturated heterocycles. The molecule has 1 aromatic rings. The summed E-state index contributed by atoms with van der Waals surface area (Å²) in [6.45, 7) is 10.1. The third-order valence-corrected chi connectivity index (χ3v) is 4.92. The molecule has 0 aromatic carbocycles. The van der Waals surface area contributed by atoms with Gasteiger partial charge in [0.2, 0.25) is 0 Å². The minimum Gasteiger partial charge on any atom is -0.443 e. The van der Waals surface area contributed by atoms with Gasteiger partial charge in [0.25, 0.3) is 0 Å². The summed E-state index contributed by atoms with van der Waals surface area (Å²) in [7, 11) is 0. The van der Waals surface area contributed by atoms with Gasteiger partial charge < -0.3 is 4.74 Å². The van der Waals surface area contributed by atoms with Crippen LogP contribution in [0.1, 0.15) is 71.4 Å². The van der Waals surface area contributed by atoms with Gasteiger partial charge in [-0.3, -0.25) is 9.80 Å². The van der Waals surface area contributed by atoms with Gasteiger partial charge in [-0.1, -0.05) is 19.4 Å². The molecule has 0 radical (unpaired) electrons. The van der Waals surface area contributed by atoms with Crippen LogP contribution in [0.4, 0.5) is 10.6 Å². The molecule has 2 aliphatic rings. The SMILES string of the molecule is CCN1CCCC[C@H]1c1ccc(N(C(=O)OC(C)(C)C)C2CC2)nc1. The number of likely N-dealkylation sites (tertiary alicyclic amines) is 1. The maximum absolute atomic E-state index is 12.6. The lowest BCUT2D eigenvalue weighted by Gasteiger charge is -2.35. The summed E-state index contributed by atoms with van der Waals surface area (Å²) in [5.41, 5.74) is 0.763. The van der Waals surface area contributed by atoms with E-state index in [2.05, 4.69) is 22.9 Å². The second-order valence-electron chi connectivity index (χ2n) is 8.17. The molecule has 5 heteroatoms. The number of carbonyl (C=O) groups is 1. The van der Waals surface area contributed by atoms with Crippen molar-refractivity contribution in [3.63, 3.8) is 0 Å². The molecule has 1 saturated carbocycles. The lowest BCUT2D eigenvalue weighted by Crippen LogP contribution is -2.39. The Morgan fingerprint density at radius 1 is 1.28 bits per heavy atom. The van der Waals surface area contributed by atoms with Gasteiger partial charge >= 0.3 is 6.09 Å². The van der Waals surface area contributed by atoms with E-state index in [4.69, 9.17) is 4.74 Å². The summed E-state index contributed by atoms with van der Waals surface area (Å²) in [5.74, 6) is 0.708. The number of rotatable bonds is 4. The van der Waals surface area contributed by atoms with Gasteiger partial charge in [0, 0.05) is 18.3 Å². The molecule has 3 rings (SSSR count). The van der Waals surface area contributed by atoms with Gasteiger partial charge in [0.1, 0.15) is 11.4 Å². The highest BCUT2D eigenvalue weighted by molar-refractivity contribution is 5.88. The van der Waals surface area contributed by atoms with Crippen molar-refractivity contribution in [3.8, 4) is 0 Å². The number of ether oxygens (including phenoxy) is 1. The zero-order valence-electron chi connectivity index (χ0n) is 16.0. The molecule has 2 heterocycles. The Labute approximate surface area is 151 Å². The van der Waals surface area contributed by atoms with Crippen LogP contribution in [0.3, 0.4) is 0 Å². The van der Waals surface area contributed by atoms with E-state index >= 15 is 0 Å². The predicted molar refractivity (Wildman–Crippen MR) is 99.8 cm³/mol. The first-order valence-corrected chi connectivity index (χ1v) is 9.61. The van der Waals surface area contributed by atoms with E-state index in [0.29, 0.717) is 11.9 Å². The molecule has 1 atom stereocenters. The van der Waals surface area contributed by atoms with E-state index in [1.54, 1.807) is 4.90 Å². The molecule has 0 bridgehead atoms. The van der Waals surface area contributed by atoms with Crippen molar-refractivity contribution in [2.24, 2.45) is 0 Å². The summed E-state index contributed by atoms with van der Waals surface area (Å²) in [6, 6.07) is 4.81. The van der Waals surface area contributed by atoms with Crippen LogP contribution in [0, 0.1) is 0 Å². The van der Waals surface area contributed by atoms with Crippen LogP contribution >= 0.6 is 0 Å². The van der Waals surface area contributed by atoms with Crippen LogP contribution in [0.25, 0.3) is 0 Å². The second kappa shape index (κ2) is 7.32. The van der Waals surface area contributed by atoms with E-state index in [-0.39, 0.29) is 12.1 Å². The minimum absolute atomic E-state index is 0.232. The van der Waals surface area contributed by atoms with Crippen LogP contribution in [-0.2, 0) is 4.74 Å². The van der Waals surface area contributed by atoms with Gasteiger partial charge in [-0.15, -0.1) is 0 Å². The molecule has 1 aromatic heterocycles. The molecular formula is C20H31N3O2. The number of nitrogens with zero attached hydrogens (tertiary/aromatic N) is 3. The zero-order chi connectivity index (χ0) is 18.0. The number of anilines is 1. The Hall–Kier alpha value is -1.62. The Morgan fingerprint density at radius 2 is 2.04 bits per heavy atom. The van der Waals surface area contributed by atoms with E-state index in [1.165, 1.54) is 24.8 Å². The highest BCUT2D eigenvalue weighted by atomic mass is 16.6. The predicted octanol–water partition coefficient (Wildman–Crippen LogP) is 4.53. The number of piperidine rings is 1. The average molecular weight is 345 g/mol. The Bertz CT molecular complexity index is 590. The molecule has 0 N–H and O–H groups in total. The van der Waals surface area contributed by atoms with Crippen LogP contribution in [0.2, 0.25) is 0 Å². The van der Waals surface area contributed by atoms with Gasteiger partial charge in [-0.2, -0.15) is 0 Å². The topological polar surface area (TPSA) is 45.7 Å². The van der Waals surface area contributed by atoms with Crippen molar-refractivity contribution in [1.29, 1.82) is 0 Å². The quantitative estimate of drug-likeness (QED) is 0.804. The Balaban J connectivity index is 1.76. The van der Waals surface area contributed by atoms with Gasteiger partial charge in [-0.05, 0) is 71.2 Å². The third kappa shape index (κ3) is 4.51. The molecule has 0 unspecified atom stereocenters. The summed E-state index contributed by atoms with van der Waals surface area (Å²) < 4.78 is 5.58. The number of amides is 1. The number of hydrogen-bond donors (Lipinski definition) is 0. The molecule has 2 fully saturated rings. The number of pyridine rings is 1. The van der Waals surface area contributed by atoms with Crippen molar-refractivity contribution in [2.45, 2.75) is 77.5 Å². The minimum atomic E-state index is -0.492. The molecule has 0 spiro atoms. The third-order valence-electron chi connectivity index (χ3n) is 4.92. The first-order chi connectivity index (χ1) is 11.9. The van der Waals surface area contributed by atoms with Crippen LogP contribution in [0.15, 0.2) is 18.3 Å². The van der Waals surface area contributed by atoms with Crippen LogP contribution in [-0.4, -0.2) is 40.7 Å². The molecule has 25 heavy (non-hydrogen) atoms. The lowest BCUT2D eigenvalue weighted by molar-refractivity contribution is 0.0576. The van der Waals surface area contributed by atoms with E-state index < -0.39 is 5.60 Å². The van der Waals surface area contributed by atoms with E-state index in [0.717, 1.165) is 25.9 Å². The van der Waals surface area contributed by atoms with Crippen LogP contribution < -0.4 is 4.90 Å². The molecule has 1 aliphatic heterocycles. The summed E-state index contributed by atoms with van der Waals surface area (Å²) in [5, 5.41) is 0. The van der Waals surface area contributed by atoms with Gasteiger partial charge in [-0.25, -0.2) is 9.78 Å². The smallest absolute Gasteiger partial charge is 0.416 e. The fourth-order valence-electron chi connectivity index (χ4n) is 3.56. The maximum Gasteiger partial charge on any atom is 0.416 e. The fourth-order valence-corrected chi connectivity index (χ4v) is 3.56. The summed E-state index contributed by atoms with van der Waals surface area (Å²) in [6.07, 6.45) is 7.45. The molecular weight excluding hydrogens is 314 g/mol.